The van der Waals surface area contributed by atoms with E-state index < -0.39 is 11.2 Å². The summed E-state index contributed by atoms with van der Waals surface area (Å²) >= 11 is 0. The van der Waals surface area contributed by atoms with E-state index in [4.69, 9.17) is 4.52 Å². The minimum atomic E-state index is -1.02. The number of hydrogen-bond donors (Lipinski definition) is 3. The van der Waals surface area contributed by atoms with Gasteiger partial charge in [0.15, 0.2) is 5.82 Å². The summed E-state index contributed by atoms with van der Waals surface area (Å²) in [5.74, 6) is -0.235. The van der Waals surface area contributed by atoms with Gasteiger partial charge in [0.1, 0.15) is 6.04 Å². The summed E-state index contributed by atoms with van der Waals surface area (Å²) in [6.45, 7) is 0.459. The van der Waals surface area contributed by atoms with E-state index in [1.165, 1.54) is 0 Å². The Morgan fingerprint density at radius 2 is 1.59 bits per heavy atom. The zero-order valence-electron chi connectivity index (χ0n) is 28.1. The number of aryl methyl sites for hydroxylation is 2. The van der Waals surface area contributed by atoms with Crippen LogP contribution in [-0.2, 0) is 23.1 Å². The third kappa shape index (κ3) is 5.84. The topological polar surface area (TPSA) is 162 Å². The first-order chi connectivity index (χ1) is 23.8. The van der Waals surface area contributed by atoms with Crippen molar-refractivity contribution in [2.45, 2.75) is 87.7 Å². The third-order valence-electron chi connectivity index (χ3n) is 11.1. The van der Waals surface area contributed by atoms with Crippen LogP contribution in [0.5, 0.6) is 0 Å². The largest absolute Gasteiger partial charge is 0.459 e. The van der Waals surface area contributed by atoms with Crippen molar-refractivity contribution >= 4 is 17.7 Å². The molecule has 1 saturated heterocycles. The van der Waals surface area contributed by atoms with Gasteiger partial charge in [-0.1, -0.05) is 31.4 Å². The Labute approximate surface area is 285 Å². The van der Waals surface area contributed by atoms with Crippen LogP contribution in [0.2, 0.25) is 0 Å². The second-order valence-corrected chi connectivity index (χ2v) is 13.9. The number of nitrogens with zero attached hydrogens (tertiary/aromatic N) is 4. The highest BCUT2D eigenvalue weighted by molar-refractivity contribution is 5.95. The van der Waals surface area contributed by atoms with Crippen molar-refractivity contribution in [3.63, 3.8) is 0 Å². The van der Waals surface area contributed by atoms with E-state index in [1.54, 1.807) is 35.9 Å². The number of rotatable bonds is 9. The van der Waals surface area contributed by atoms with Gasteiger partial charge in [0.25, 0.3) is 11.8 Å². The molecule has 3 aliphatic carbocycles. The zero-order chi connectivity index (χ0) is 34.3. The lowest BCUT2D eigenvalue weighted by atomic mass is 9.68. The smallest absolute Gasteiger partial charge is 0.355 e. The van der Waals surface area contributed by atoms with E-state index in [0.717, 1.165) is 67.2 Å². The molecule has 1 aromatic heterocycles. The van der Waals surface area contributed by atoms with Gasteiger partial charge in [-0.3, -0.25) is 14.4 Å². The van der Waals surface area contributed by atoms with Crippen LogP contribution in [0.3, 0.4) is 0 Å². The van der Waals surface area contributed by atoms with Gasteiger partial charge in [0.05, 0.1) is 24.1 Å². The molecule has 12 nitrogen and oxygen atoms in total. The van der Waals surface area contributed by atoms with Crippen molar-refractivity contribution in [3.8, 4) is 6.07 Å². The lowest BCUT2D eigenvalue weighted by molar-refractivity contribution is -0.131. The number of carbonyl (C=O) groups is 3. The van der Waals surface area contributed by atoms with Gasteiger partial charge in [-0.05, 0) is 104 Å². The standard InChI is InChI=1S/C37H43N7O5/c1-39-33(46)24-10-12-29-22(16-24)8-9-23-17-25(34(47)40-2)11-13-30(23)37(29,35-42-36(48)49-44(35)27-6-4-3-5-7-27)14-15-41-21-32(45)43-28(20-38)18-26-19-31(26)43/h10-13,16-17,26-28,31,41H,3-9,14-15,18-19,21H2,1-2H3,(H,39,46)(H,40,47)/t26-,28+,31+/m1/s1. The van der Waals surface area contributed by atoms with E-state index in [0.29, 0.717) is 48.7 Å². The predicted octanol–water partition coefficient (Wildman–Crippen LogP) is 2.99. The summed E-state index contributed by atoms with van der Waals surface area (Å²) in [4.78, 5) is 58.6. The van der Waals surface area contributed by atoms with Crippen LogP contribution in [0.15, 0.2) is 45.7 Å². The fourth-order valence-corrected chi connectivity index (χ4v) is 8.66. The van der Waals surface area contributed by atoms with Crippen LogP contribution in [0.1, 0.15) is 106 Å². The Kier molecular flexibility index (Phi) is 8.88. The highest BCUT2D eigenvalue weighted by Crippen LogP contribution is 2.49. The highest BCUT2D eigenvalue weighted by atomic mass is 16.5. The summed E-state index contributed by atoms with van der Waals surface area (Å²) in [6.07, 6.45) is 8.17. The molecule has 3 fully saturated rings. The molecule has 49 heavy (non-hydrogen) atoms. The molecule has 3 amide bonds. The van der Waals surface area contributed by atoms with Crippen molar-refractivity contribution in [1.29, 1.82) is 5.26 Å². The average molecular weight is 666 g/mol. The van der Waals surface area contributed by atoms with Gasteiger partial charge >= 0.3 is 5.76 Å². The zero-order valence-corrected chi connectivity index (χ0v) is 28.1. The number of aromatic nitrogens is 2. The molecule has 4 aliphatic rings. The average Bonchev–Trinajstić information content (AvgIpc) is 3.66. The lowest BCUT2D eigenvalue weighted by Crippen LogP contribution is -2.44. The summed E-state index contributed by atoms with van der Waals surface area (Å²) in [5, 5.41) is 18.5. The molecule has 2 heterocycles. The summed E-state index contributed by atoms with van der Waals surface area (Å²) < 4.78 is 7.66. The molecule has 2 aromatic carbocycles. The minimum Gasteiger partial charge on any atom is -0.355 e. The number of benzene rings is 2. The number of piperidine rings is 1. The molecule has 12 heteroatoms. The number of nitrogens with one attached hydrogen (secondary N) is 3. The van der Waals surface area contributed by atoms with Gasteiger partial charge in [0.2, 0.25) is 5.91 Å². The van der Waals surface area contributed by atoms with E-state index in [-0.39, 0.29) is 42.4 Å². The molecule has 0 bridgehead atoms. The normalized spacial score (nSPS) is 22.2. The molecule has 0 unspecified atom stereocenters. The molecule has 0 radical (unpaired) electrons. The van der Waals surface area contributed by atoms with Crippen LogP contribution in [-0.4, -0.2) is 71.6 Å². The van der Waals surface area contributed by atoms with E-state index in [2.05, 4.69) is 27.0 Å². The summed E-state index contributed by atoms with van der Waals surface area (Å²) in [6, 6.07) is 13.4. The van der Waals surface area contributed by atoms with Crippen molar-refractivity contribution in [2.24, 2.45) is 5.92 Å². The maximum atomic E-state index is 13.4. The van der Waals surface area contributed by atoms with E-state index in [9.17, 15) is 24.4 Å². The fourth-order valence-electron chi connectivity index (χ4n) is 8.66. The Balaban J connectivity index is 1.35. The second-order valence-electron chi connectivity index (χ2n) is 13.9. The monoisotopic (exact) mass is 665 g/mol. The van der Waals surface area contributed by atoms with Crippen LogP contribution in [0.4, 0.5) is 0 Å². The number of nitriles is 1. The maximum absolute atomic E-state index is 13.4. The molecule has 1 aliphatic heterocycles. The van der Waals surface area contributed by atoms with Gasteiger partial charge in [-0.2, -0.15) is 15.0 Å². The third-order valence-corrected chi connectivity index (χ3v) is 11.1. The number of amides is 3. The number of carbonyl (C=O) groups excluding carboxylic acids is 3. The van der Waals surface area contributed by atoms with Crippen molar-refractivity contribution < 1.29 is 18.9 Å². The summed E-state index contributed by atoms with van der Waals surface area (Å²) in [5.41, 5.74) is 3.72. The lowest BCUT2D eigenvalue weighted by Gasteiger charge is -2.37. The number of hydrogen-bond acceptors (Lipinski definition) is 8. The first kappa shape index (κ1) is 32.8. The molecule has 3 aromatic rings. The van der Waals surface area contributed by atoms with Crippen LogP contribution >= 0.6 is 0 Å². The van der Waals surface area contributed by atoms with Crippen molar-refractivity contribution in [3.05, 3.63) is 86.2 Å². The maximum Gasteiger partial charge on any atom is 0.459 e. The first-order valence-electron chi connectivity index (χ1n) is 17.5. The quantitative estimate of drug-likeness (QED) is 0.294. The van der Waals surface area contributed by atoms with Gasteiger partial charge in [-0.15, -0.1) is 0 Å². The molecule has 3 atom stereocenters. The van der Waals surface area contributed by atoms with Crippen LogP contribution in [0.25, 0.3) is 0 Å². The Hall–Kier alpha value is -4.76. The fraction of sp³-hybridized carbons (Fsp3) is 0.514. The molecular formula is C37H43N7O5. The van der Waals surface area contributed by atoms with Gasteiger partial charge in [0, 0.05) is 31.3 Å². The molecule has 256 valence electrons. The van der Waals surface area contributed by atoms with Crippen LogP contribution < -0.4 is 21.7 Å². The molecule has 7 rings (SSSR count). The number of fused-ring (bicyclic) bond motifs is 3. The van der Waals surface area contributed by atoms with Gasteiger partial charge < -0.3 is 25.4 Å². The Morgan fingerprint density at radius 1 is 0.959 bits per heavy atom. The molecular weight excluding hydrogens is 622 g/mol. The van der Waals surface area contributed by atoms with E-state index >= 15 is 0 Å². The van der Waals surface area contributed by atoms with E-state index in [1.807, 2.05) is 24.3 Å². The second kappa shape index (κ2) is 13.3. The SMILES string of the molecule is CNC(=O)c1ccc2c(c1)CCc1cc(C(=O)NC)ccc1C2(CCNCC(=O)N1[C@H](C#N)C[C@@H]2C[C@@H]21)c1nc(=O)on1C1CCCCC1. The van der Waals surface area contributed by atoms with Crippen molar-refractivity contribution in [1.82, 2.24) is 30.6 Å². The molecule has 0 spiro atoms. The Morgan fingerprint density at radius 3 is 2.18 bits per heavy atom. The van der Waals surface area contributed by atoms with Gasteiger partial charge in [-0.25, -0.2) is 4.79 Å². The Bertz CT molecular complexity index is 1820. The summed E-state index contributed by atoms with van der Waals surface area (Å²) in [7, 11) is 3.20. The van der Waals surface area contributed by atoms with Crippen molar-refractivity contribution in [2.75, 3.05) is 27.2 Å². The predicted molar refractivity (Wildman–Crippen MR) is 180 cm³/mol. The molecule has 2 saturated carbocycles. The molecule has 3 N–H and O–H groups in total. The van der Waals surface area contributed by atoms with Crippen LogP contribution in [0, 0.1) is 17.2 Å². The highest BCUT2D eigenvalue weighted by Gasteiger charge is 2.54. The first-order valence-corrected chi connectivity index (χ1v) is 17.5. The number of likely N-dealkylation sites (tertiary alicyclic amines) is 1. The minimum absolute atomic E-state index is 0.0413.